The number of hydrogen-bond donors (Lipinski definition) is 1. The molecular formula is C13H28N4O2S. The van der Waals surface area contributed by atoms with Crippen molar-refractivity contribution in [2.75, 3.05) is 52.9 Å². The average Bonchev–Trinajstić information content (AvgIpc) is 2.39. The molecule has 6 nitrogen and oxygen atoms in total. The smallest absolute Gasteiger partial charge is 0.279 e. The van der Waals surface area contributed by atoms with Crippen molar-refractivity contribution in [1.29, 1.82) is 0 Å². The van der Waals surface area contributed by atoms with Gasteiger partial charge >= 0.3 is 0 Å². The van der Waals surface area contributed by atoms with Crippen LogP contribution >= 0.6 is 0 Å². The molecule has 118 valence electrons. The van der Waals surface area contributed by atoms with Gasteiger partial charge in [0.15, 0.2) is 0 Å². The molecule has 20 heavy (non-hydrogen) atoms. The lowest BCUT2D eigenvalue weighted by molar-refractivity contribution is 0.195. The molecule has 2 rings (SSSR count). The van der Waals surface area contributed by atoms with Gasteiger partial charge in [-0.3, -0.25) is 0 Å². The molecule has 7 heteroatoms. The van der Waals surface area contributed by atoms with Gasteiger partial charge < -0.3 is 9.80 Å². The Morgan fingerprint density at radius 3 is 2.50 bits per heavy atom. The van der Waals surface area contributed by atoms with E-state index in [0.29, 0.717) is 13.1 Å². The number of hydrogen-bond acceptors (Lipinski definition) is 4. The highest BCUT2D eigenvalue weighted by atomic mass is 32.2. The standard InChI is InChI=1S/C13H28N4O2S/c1-3-6-16-7-4-5-13(12-16)14-20(18,19)17-10-8-15(2)9-11-17/h13-14H,3-12H2,1-2H3. The largest absolute Gasteiger partial charge is 0.304 e. The topological polar surface area (TPSA) is 55.9 Å². The molecule has 1 N–H and O–H groups in total. The fourth-order valence-electron chi connectivity index (χ4n) is 2.98. The van der Waals surface area contributed by atoms with Gasteiger partial charge in [0.1, 0.15) is 0 Å². The van der Waals surface area contributed by atoms with Gasteiger partial charge in [-0.25, -0.2) is 0 Å². The van der Waals surface area contributed by atoms with E-state index in [-0.39, 0.29) is 6.04 Å². The number of nitrogens with zero attached hydrogens (tertiary/aromatic N) is 3. The van der Waals surface area contributed by atoms with E-state index in [4.69, 9.17) is 0 Å². The minimum Gasteiger partial charge on any atom is -0.304 e. The van der Waals surface area contributed by atoms with Gasteiger partial charge in [-0.2, -0.15) is 17.4 Å². The van der Waals surface area contributed by atoms with Crippen LogP contribution in [0.25, 0.3) is 0 Å². The number of likely N-dealkylation sites (tertiary alicyclic amines) is 1. The monoisotopic (exact) mass is 304 g/mol. The molecular weight excluding hydrogens is 276 g/mol. The van der Waals surface area contributed by atoms with Crippen LogP contribution in [0.5, 0.6) is 0 Å². The molecule has 2 saturated heterocycles. The molecule has 2 heterocycles. The first kappa shape index (κ1) is 16.2. The van der Waals surface area contributed by atoms with Crippen LogP contribution in [0.2, 0.25) is 0 Å². The third-order valence-electron chi connectivity index (χ3n) is 4.16. The molecule has 0 radical (unpaired) electrons. The lowest BCUT2D eigenvalue weighted by Gasteiger charge is -2.36. The molecule has 1 atom stereocenters. The first-order valence-corrected chi connectivity index (χ1v) is 9.13. The number of likely N-dealkylation sites (N-methyl/N-ethyl adjacent to an activating group) is 1. The van der Waals surface area contributed by atoms with Gasteiger partial charge in [-0.15, -0.1) is 0 Å². The van der Waals surface area contributed by atoms with Crippen molar-refractivity contribution in [2.45, 2.75) is 32.2 Å². The van der Waals surface area contributed by atoms with Crippen LogP contribution in [-0.4, -0.2) is 81.4 Å². The third-order valence-corrected chi connectivity index (χ3v) is 5.84. The highest BCUT2D eigenvalue weighted by Gasteiger charge is 2.29. The summed E-state index contributed by atoms with van der Waals surface area (Å²) in [6, 6.07) is 0.0694. The molecule has 0 aromatic heterocycles. The summed E-state index contributed by atoms with van der Waals surface area (Å²) in [4.78, 5) is 4.52. The van der Waals surface area contributed by atoms with Crippen molar-refractivity contribution in [3.05, 3.63) is 0 Å². The summed E-state index contributed by atoms with van der Waals surface area (Å²) in [7, 11) is -1.29. The summed E-state index contributed by atoms with van der Waals surface area (Å²) in [6.07, 6.45) is 3.15. The van der Waals surface area contributed by atoms with Crippen LogP contribution in [0.3, 0.4) is 0 Å². The van der Waals surface area contributed by atoms with E-state index in [1.165, 1.54) is 0 Å². The second-order valence-electron chi connectivity index (χ2n) is 5.96. The Morgan fingerprint density at radius 1 is 1.15 bits per heavy atom. The summed E-state index contributed by atoms with van der Waals surface area (Å²) < 4.78 is 29.3. The van der Waals surface area contributed by atoms with Gasteiger partial charge in [0, 0.05) is 38.8 Å². The summed E-state index contributed by atoms with van der Waals surface area (Å²) in [5, 5.41) is 0. The molecule has 0 spiro atoms. The predicted octanol–water partition coefficient (Wildman–Crippen LogP) is -0.0574. The highest BCUT2D eigenvalue weighted by Crippen LogP contribution is 2.13. The molecule has 1 unspecified atom stereocenters. The minimum absolute atomic E-state index is 0.0694. The minimum atomic E-state index is -3.31. The maximum absolute atomic E-state index is 12.4. The molecule has 2 aliphatic rings. The Morgan fingerprint density at radius 2 is 1.85 bits per heavy atom. The van der Waals surface area contributed by atoms with E-state index in [9.17, 15) is 8.42 Å². The van der Waals surface area contributed by atoms with E-state index in [0.717, 1.165) is 52.0 Å². The molecule has 0 aromatic rings. The van der Waals surface area contributed by atoms with Crippen molar-refractivity contribution in [1.82, 2.24) is 18.8 Å². The van der Waals surface area contributed by atoms with Crippen molar-refractivity contribution in [3.63, 3.8) is 0 Å². The lowest BCUT2D eigenvalue weighted by atomic mass is 10.1. The number of piperidine rings is 1. The van der Waals surface area contributed by atoms with E-state index >= 15 is 0 Å². The molecule has 0 aliphatic carbocycles. The Balaban J connectivity index is 1.87. The van der Waals surface area contributed by atoms with Crippen LogP contribution in [0.15, 0.2) is 0 Å². The van der Waals surface area contributed by atoms with Crippen LogP contribution in [0.4, 0.5) is 0 Å². The summed E-state index contributed by atoms with van der Waals surface area (Å²) >= 11 is 0. The van der Waals surface area contributed by atoms with Crippen molar-refractivity contribution in [2.24, 2.45) is 0 Å². The highest BCUT2D eigenvalue weighted by molar-refractivity contribution is 7.87. The zero-order valence-electron chi connectivity index (χ0n) is 12.7. The normalized spacial score (nSPS) is 27.8. The predicted molar refractivity (Wildman–Crippen MR) is 80.9 cm³/mol. The quantitative estimate of drug-likeness (QED) is 0.773. The van der Waals surface area contributed by atoms with Crippen molar-refractivity contribution >= 4 is 10.2 Å². The first-order chi connectivity index (χ1) is 9.51. The Bertz CT molecular complexity index is 391. The second-order valence-corrected chi connectivity index (χ2v) is 7.67. The maximum Gasteiger partial charge on any atom is 0.279 e. The van der Waals surface area contributed by atoms with E-state index in [2.05, 4.69) is 21.4 Å². The summed E-state index contributed by atoms with van der Waals surface area (Å²) in [5.74, 6) is 0. The van der Waals surface area contributed by atoms with E-state index in [1.54, 1.807) is 4.31 Å². The molecule has 0 bridgehead atoms. The molecule has 0 amide bonds. The van der Waals surface area contributed by atoms with Crippen LogP contribution < -0.4 is 4.72 Å². The Kier molecular flexibility index (Phi) is 5.80. The van der Waals surface area contributed by atoms with Gasteiger partial charge in [0.2, 0.25) is 0 Å². The Hall–Kier alpha value is -0.210. The molecule has 2 aliphatic heterocycles. The fraction of sp³-hybridized carbons (Fsp3) is 1.00. The van der Waals surface area contributed by atoms with Gasteiger partial charge in [0.25, 0.3) is 10.2 Å². The van der Waals surface area contributed by atoms with Crippen LogP contribution in [0.1, 0.15) is 26.2 Å². The lowest BCUT2D eigenvalue weighted by Crippen LogP contribution is -2.55. The van der Waals surface area contributed by atoms with Crippen molar-refractivity contribution < 1.29 is 8.42 Å². The van der Waals surface area contributed by atoms with Crippen LogP contribution in [-0.2, 0) is 10.2 Å². The molecule has 0 saturated carbocycles. The summed E-state index contributed by atoms with van der Waals surface area (Å²) in [6.45, 7) is 7.99. The number of rotatable bonds is 5. The molecule has 2 fully saturated rings. The zero-order valence-corrected chi connectivity index (χ0v) is 13.5. The molecule has 0 aromatic carbocycles. The third kappa shape index (κ3) is 4.39. The van der Waals surface area contributed by atoms with Crippen molar-refractivity contribution in [3.8, 4) is 0 Å². The second kappa shape index (κ2) is 7.17. The number of nitrogens with one attached hydrogen (secondary N) is 1. The Labute approximate surface area is 123 Å². The maximum atomic E-state index is 12.4. The van der Waals surface area contributed by atoms with Crippen LogP contribution in [0, 0.1) is 0 Å². The zero-order chi connectivity index (χ0) is 14.6. The number of piperazine rings is 1. The van der Waals surface area contributed by atoms with Gasteiger partial charge in [0.05, 0.1) is 0 Å². The van der Waals surface area contributed by atoms with Gasteiger partial charge in [-0.1, -0.05) is 6.92 Å². The first-order valence-electron chi connectivity index (χ1n) is 7.69. The van der Waals surface area contributed by atoms with Gasteiger partial charge in [-0.05, 0) is 39.4 Å². The van der Waals surface area contributed by atoms with E-state index < -0.39 is 10.2 Å². The van der Waals surface area contributed by atoms with E-state index in [1.807, 2.05) is 7.05 Å². The fourth-order valence-corrected chi connectivity index (χ4v) is 4.39. The SMILES string of the molecule is CCCN1CCCC(NS(=O)(=O)N2CCN(C)CC2)C1. The summed E-state index contributed by atoms with van der Waals surface area (Å²) in [5.41, 5.74) is 0. The average molecular weight is 304 g/mol.